The molecule has 32 heavy (non-hydrogen) atoms. The highest BCUT2D eigenvalue weighted by molar-refractivity contribution is 5.92. The number of benzene rings is 3. The van der Waals surface area contributed by atoms with Gasteiger partial charge in [-0.05, 0) is 47.9 Å². The molecular formula is C27H23N3O2. The minimum atomic E-state index is -0.116. The van der Waals surface area contributed by atoms with E-state index >= 15 is 0 Å². The van der Waals surface area contributed by atoms with E-state index in [1.165, 1.54) is 0 Å². The molecule has 5 heteroatoms. The molecule has 0 fully saturated rings. The van der Waals surface area contributed by atoms with E-state index in [0.29, 0.717) is 30.0 Å². The second-order valence-electron chi connectivity index (χ2n) is 7.31. The molecule has 0 aliphatic rings. The van der Waals surface area contributed by atoms with Crippen LogP contribution in [0.2, 0.25) is 0 Å². The molecule has 0 unspecified atom stereocenters. The lowest BCUT2D eigenvalue weighted by Crippen LogP contribution is -2.15. The molecule has 1 heterocycles. The zero-order valence-electron chi connectivity index (χ0n) is 17.5. The van der Waals surface area contributed by atoms with Crippen LogP contribution in [0.4, 0.5) is 5.82 Å². The van der Waals surface area contributed by atoms with Gasteiger partial charge in [0, 0.05) is 12.0 Å². The summed E-state index contributed by atoms with van der Waals surface area (Å²) >= 11 is 0. The molecule has 2 N–H and O–H groups in total. The molecule has 0 saturated heterocycles. The third kappa shape index (κ3) is 5.67. The molecule has 0 atom stereocenters. The van der Waals surface area contributed by atoms with Crippen molar-refractivity contribution >= 4 is 23.9 Å². The van der Waals surface area contributed by atoms with Gasteiger partial charge in [0.1, 0.15) is 11.4 Å². The first-order valence-corrected chi connectivity index (χ1v) is 10.4. The molecule has 0 aliphatic heterocycles. The van der Waals surface area contributed by atoms with Crippen LogP contribution in [0.15, 0.2) is 91.1 Å². The minimum Gasteiger partial charge on any atom is -0.508 e. The summed E-state index contributed by atoms with van der Waals surface area (Å²) in [5.41, 5.74) is 4.17. The van der Waals surface area contributed by atoms with E-state index in [4.69, 9.17) is 4.98 Å². The van der Waals surface area contributed by atoms with E-state index in [0.717, 1.165) is 16.7 Å². The number of amides is 1. The number of aromatic hydroxyl groups is 1. The number of hydrogen-bond donors (Lipinski definition) is 2. The topological polar surface area (TPSA) is 75.1 Å². The van der Waals surface area contributed by atoms with Gasteiger partial charge >= 0.3 is 0 Å². The quantitative estimate of drug-likeness (QED) is 0.408. The third-order valence-corrected chi connectivity index (χ3v) is 4.94. The van der Waals surface area contributed by atoms with Gasteiger partial charge in [0.15, 0.2) is 5.82 Å². The first-order chi connectivity index (χ1) is 15.7. The fourth-order valence-corrected chi connectivity index (χ4v) is 3.22. The normalized spacial score (nSPS) is 10.9. The van der Waals surface area contributed by atoms with Crippen molar-refractivity contribution in [2.24, 2.45) is 0 Å². The fourth-order valence-electron chi connectivity index (χ4n) is 3.22. The first kappa shape index (κ1) is 21.0. The number of phenols is 1. The van der Waals surface area contributed by atoms with Crippen molar-refractivity contribution in [3.05, 3.63) is 108 Å². The van der Waals surface area contributed by atoms with E-state index in [-0.39, 0.29) is 11.7 Å². The maximum absolute atomic E-state index is 12.6. The van der Waals surface area contributed by atoms with Crippen molar-refractivity contribution in [3.63, 3.8) is 0 Å². The number of hydrogen-bond acceptors (Lipinski definition) is 4. The van der Waals surface area contributed by atoms with Gasteiger partial charge in [-0.15, -0.1) is 0 Å². The van der Waals surface area contributed by atoms with Crippen LogP contribution in [0.25, 0.3) is 23.4 Å². The van der Waals surface area contributed by atoms with Gasteiger partial charge in [-0.2, -0.15) is 0 Å². The van der Waals surface area contributed by atoms with Crippen LogP contribution >= 0.6 is 0 Å². The lowest BCUT2D eigenvalue weighted by Gasteiger charge is -2.10. The number of aromatic nitrogens is 2. The Labute approximate surface area is 187 Å². The highest BCUT2D eigenvalue weighted by Gasteiger charge is 2.11. The van der Waals surface area contributed by atoms with Crippen molar-refractivity contribution in [2.45, 2.75) is 12.8 Å². The summed E-state index contributed by atoms with van der Waals surface area (Å²) in [7, 11) is 0. The first-order valence-electron chi connectivity index (χ1n) is 10.4. The smallest absolute Gasteiger partial charge is 0.225 e. The fraction of sp³-hybridized carbons (Fsp3) is 0.0741. The largest absolute Gasteiger partial charge is 0.508 e. The highest BCUT2D eigenvalue weighted by Crippen LogP contribution is 2.23. The van der Waals surface area contributed by atoms with Gasteiger partial charge < -0.3 is 10.4 Å². The molecular weight excluding hydrogens is 398 g/mol. The molecule has 0 saturated carbocycles. The Hall–Kier alpha value is -4.25. The molecule has 4 aromatic rings. The summed E-state index contributed by atoms with van der Waals surface area (Å²) < 4.78 is 0. The molecule has 0 radical (unpaired) electrons. The standard InChI is InChI=1S/C27H23N3O2/c31-23-15-13-22(14-16-23)25-19-28-27(24(29-25)17-11-20-7-3-1-4-8-20)30-26(32)18-12-21-9-5-2-6-10-21/h1-11,13-17,19,31H,12,18H2,(H,28,30,32)/b17-11+. The molecule has 1 aromatic heterocycles. The lowest BCUT2D eigenvalue weighted by molar-refractivity contribution is -0.116. The van der Waals surface area contributed by atoms with Gasteiger partial charge in [-0.3, -0.25) is 4.79 Å². The second-order valence-corrected chi connectivity index (χ2v) is 7.31. The van der Waals surface area contributed by atoms with E-state index in [1.807, 2.05) is 72.8 Å². The Balaban J connectivity index is 1.57. The summed E-state index contributed by atoms with van der Waals surface area (Å²) in [6.45, 7) is 0. The Morgan fingerprint density at radius 1 is 0.875 bits per heavy atom. The number of anilines is 1. The third-order valence-electron chi connectivity index (χ3n) is 4.94. The summed E-state index contributed by atoms with van der Waals surface area (Å²) in [5, 5.41) is 12.5. The van der Waals surface area contributed by atoms with Crippen LogP contribution in [0.5, 0.6) is 5.75 Å². The number of carbonyl (C=O) groups is 1. The van der Waals surface area contributed by atoms with Crippen molar-refractivity contribution in [1.29, 1.82) is 0 Å². The van der Waals surface area contributed by atoms with Gasteiger partial charge in [-0.1, -0.05) is 66.7 Å². The van der Waals surface area contributed by atoms with E-state index in [9.17, 15) is 9.90 Å². The predicted octanol–water partition coefficient (Wildman–Crippen LogP) is 5.59. The van der Waals surface area contributed by atoms with Crippen molar-refractivity contribution in [1.82, 2.24) is 9.97 Å². The van der Waals surface area contributed by atoms with Crippen molar-refractivity contribution < 1.29 is 9.90 Å². The highest BCUT2D eigenvalue weighted by atomic mass is 16.3. The van der Waals surface area contributed by atoms with Gasteiger partial charge in [-0.25, -0.2) is 9.97 Å². The summed E-state index contributed by atoms with van der Waals surface area (Å²) in [5.74, 6) is 0.487. The summed E-state index contributed by atoms with van der Waals surface area (Å²) in [6.07, 6.45) is 6.41. The van der Waals surface area contributed by atoms with Crippen molar-refractivity contribution in [2.75, 3.05) is 5.32 Å². The zero-order valence-corrected chi connectivity index (χ0v) is 17.5. The number of nitrogens with zero attached hydrogens (tertiary/aromatic N) is 2. The van der Waals surface area contributed by atoms with Crippen LogP contribution in [0.3, 0.4) is 0 Å². The maximum Gasteiger partial charge on any atom is 0.225 e. The molecule has 3 aromatic carbocycles. The molecule has 0 spiro atoms. The molecule has 0 bridgehead atoms. The molecule has 4 rings (SSSR count). The van der Waals surface area contributed by atoms with Gasteiger partial charge in [0.2, 0.25) is 5.91 Å². The SMILES string of the molecule is O=C(CCc1ccccc1)Nc1ncc(-c2ccc(O)cc2)nc1/C=C/c1ccccc1. The van der Waals surface area contributed by atoms with Crippen LogP contribution in [-0.4, -0.2) is 21.0 Å². The maximum atomic E-state index is 12.6. The van der Waals surface area contributed by atoms with Crippen LogP contribution in [-0.2, 0) is 11.2 Å². The van der Waals surface area contributed by atoms with Crippen LogP contribution in [0, 0.1) is 0 Å². The molecule has 158 valence electrons. The van der Waals surface area contributed by atoms with Crippen LogP contribution < -0.4 is 5.32 Å². The Morgan fingerprint density at radius 3 is 2.28 bits per heavy atom. The summed E-state index contributed by atoms with van der Waals surface area (Å²) in [4.78, 5) is 21.8. The van der Waals surface area contributed by atoms with E-state index < -0.39 is 0 Å². The summed E-state index contributed by atoms with van der Waals surface area (Å²) in [6, 6.07) is 26.5. The molecule has 1 amide bonds. The van der Waals surface area contributed by atoms with Gasteiger partial charge in [0.25, 0.3) is 0 Å². The Bertz CT molecular complexity index is 1200. The molecule has 0 aliphatic carbocycles. The van der Waals surface area contributed by atoms with Gasteiger partial charge in [0.05, 0.1) is 11.9 Å². The van der Waals surface area contributed by atoms with Crippen LogP contribution in [0.1, 0.15) is 23.2 Å². The zero-order chi connectivity index (χ0) is 22.2. The number of carbonyl (C=O) groups excluding carboxylic acids is 1. The number of nitrogens with one attached hydrogen (secondary N) is 1. The van der Waals surface area contributed by atoms with E-state index in [2.05, 4.69) is 10.3 Å². The second kappa shape index (κ2) is 10.2. The average molecular weight is 422 g/mol. The van der Waals surface area contributed by atoms with E-state index in [1.54, 1.807) is 30.5 Å². The monoisotopic (exact) mass is 421 g/mol. The number of phenolic OH excluding ortho intramolecular Hbond substituents is 1. The number of rotatable bonds is 7. The predicted molar refractivity (Wildman–Crippen MR) is 128 cm³/mol. The number of aryl methyl sites for hydroxylation is 1. The Kier molecular flexibility index (Phi) is 6.68. The van der Waals surface area contributed by atoms with Crippen molar-refractivity contribution in [3.8, 4) is 17.0 Å². The molecule has 5 nitrogen and oxygen atoms in total. The minimum absolute atomic E-state index is 0.116. The lowest BCUT2D eigenvalue weighted by atomic mass is 10.1. The average Bonchev–Trinajstić information content (AvgIpc) is 2.84. The Morgan fingerprint density at radius 2 is 1.56 bits per heavy atom.